The first-order valence-electron chi connectivity index (χ1n) is 2.72. The van der Waals surface area contributed by atoms with Gasteiger partial charge < -0.3 is 10.5 Å². The molecule has 1 saturated heterocycles. The van der Waals surface area contributed by atoms with Gasteiger partial charge in [0.2, 0.25) is 0 Å². The van der Waals surface area contributed by atoms with E-state index in [1.807, 2.05) is 0 Å². The lowest BCUT2D eigenvalue weighted by Gasteiger charge is -2.02. The highest BCUT2D eigenvalue weighted by molar-refractivity contribution is 5.85. The summed E-state index contributed by atoms with van der Waals surface area (Å²) in [5, 5.41) is 3.44. The van der Waals surface area contributed by atoms with Gasteiger partial charge >= 0.3 is 0 Å². The molecule has 0 spiro atoms. The molecule has 0 aliphatic carbocycles. The summed E-state index contributed by atoms with van der Waals surface area (Å²) in [5.74, 6) is 0. The molecule has 2 atom stereocenters. The monoisotopic (exact) mass is 164 g/mol. The molecule has 58 valence electrons. The summed E-state index contributed by atoms with van der Waals surface area (Å²) in [6.45, 7) is 0.967. The van der Waals surface area contributed by atoms with Crippen molar-refractivity contribution in [1.82, 2.24) is 0 Å². The molecule has 1 aliphatic heterocycles. The van der Waals surface area contributed by atoms with E-state index >= 15 is 0 Å². The van der Waals surface area contributed by atoms with E-state index in [-0.39, 0.29) is 24.5 Å². The van der Waals surface area contributed by atoms with Crippen LogP contribution in [0.15, 0.2) is 5.11 Å². The molecule has 1 rings (SSSR count). The number of azide groups is 1. The second kappa shape index (κ2) is 4.35. The molecule has 0 bridgehead atoms. The normalized spacial score (nSPS) is 30.5. The van der Waals surface area contributed by atoms with E-state index in [2.05, 4.69) is 10.0 Å². The predicted molar refractivity (Wildman–Crippen MR) is 39.0 cm³/mol. The van der Waals surface area contributed by atoms with Crippen molar-refractivity contribution in [2.24, 2.45) is 10.8 Å². The van der Waals surface area contributed by atoms with Crippen LogP contribution in [-0.4, -0.2) is 25.3 Å². The van der Waals surface area contributed by atoms with E-state index < -0.39 is 0 Å². The molecule has 5 nitrogen and oxygen atoms in total. The van der Waals surface area contributed by atoms with E-state index in [0.29, 0.717) is 13.2 Å². The molecule has 1 heterocycles. The first kappa shape index (κ1) is 9.52. The summed E-state index contributed by atoms with van der Waals surface area (Å²) in [6, 6.07) is -0.268. The Morgan fingerprint density at radius 3 is 2.70 bits per heavy atom. The number of hydrogen-bond acceptors (Lipinski definition) is 3. The van der Waals surface area contributed by atoms with Gasteiger partial charge in [-0.05, 0) is 5.53 Å². The second-order valence-corrected chi connectivity index (χ2v) is 1.97. The van der Waals surface area contributed by atoms with Crippen LogP contribution in [0.4, 0.5) is 0 Å². The standard InChI is InChI=1S/C4H8N4O.ClH/c5-3-1-9-2-4(3)7-8-6;/h3-4H,1-2,5H2;1H/t3-,4+;/m1./s1. The summed E-state index contributed by atoms with van der Waals surface area (Å²) < 4.78 is 4.93. The predicted octanol–water partition coefficient (Wildman–Crippen LogP) is 0.445. The number of ether oxygens (including phenoxy) is 1. The summed E-state index contributed by atoms with van der Waals surface area (Å²) in [6.07, 6.45) is 0. The minimum absolute atomic E-state index is 0. The highest BCUT2D eigenvalue weighted by Gasteiger charge is 2.22. The number of nitrogens with two attached hydrogens (primary N) is 1. The van der Waals surface area contributed by atoms with Gasteiger partial charge in [0.1, 0.15) is 0 Å². The molecule has 0 amide bonds. The first-order chi connectivity index (χ1) is 4.34. The molecule has 0 unspecified atom stereocenters. The van der Waals surface area contributed by atoms with Crippen LogP contribution in [0.25, 0.3) is 10.4 Å². The molecule has 0 saturated carbocycles. The van der Waals surface area contributed by atoms with Gasteiger partial charge in [-0.1, -0.05) is 5.11 Å². The van der Waals surface area contributed by atoms with Crippen LogP contribution in [0, 0.1) is 0 Å². The fraction of sp³-hybridized carbons (Fsp3) is 1.00. The molecule has 0 aromatic rings. The van der Waals surface area contributed by atoms with Gasteiger partial charge in [0.25, 0.3) is 0 Å². The third-order valence-electron chi connectivity index (χ3n) is 1.29. The molecule has 1 fully saturated rings. The Morgan fingerprint density at radius 1 is 1.60 bits per heavy atom. The van der Waals surface area contributed by atoms with E-state index in [0.717, 1.165) is 0 Å². The molecule has 6 heteroatoms. The summed E-state index contributed by atoms with van der Waals surface area (Å²) in [5.41, 5.74) is 13.5. The van der Waals surface area contributed by atoms with Crippen LogP contribution >= 0.6 is 12.4 Å². The number of nitrogens with zero attached hydrogens (tertiary/aromatic N) is 3. The van der Waals surface area contributed by atoms with E-state index in [1.165, 1.54) is 0 Å². The minimum atomic E-state index is -0.157. The lowest BCUT2D eigenvalue weighted by Crippen LogP contribution is -2.30. The van der Waals surface area contributed by atoms with Gasteiger partial charge in [0, 0.05) is 11.0 Å². The Balaban J connectivity index is 0.000000810. The molecule has 0 radical (unpaired) electrons. The van der Waals surface area contributed by atoms with Crippen LogP contribution in [0.5, 0.6) is 0 Å². The van der Waals surface area contributed by atoms with Crippen LogP contribution in [0.1, 0.15) is 0 Å². The fourth-order valence-electron chi connectivity index (χ4n) is 0.745. The topological polar surface area (TPSA) is 84.0 Å². The van der Waals surface area contributed by atoms with Crippen molar-refractivity contribution < 1.29 is 4.74 Å². The average Bonchev–Trinajstić information content (AvgIpc) is 2.18. The van der Waals surface area contributed by atoms with Crippen molar-refractivity contribution in [3.8, 4) is 0 Å². The highest BCUT2D eigenvalue weighted by Crippen LogP contribution is 2.06. The third-order valence-corrected chi connectivity index (χ3v) is 1.29. The lowest BCUT2D eigenvalue weighted by atomic mass is 10.2. The molecular formula is C4H9ClN4O. The number of rotatable bonds is 1. The number of halogens is 1. The van der Waals surface area contributed by atoms with Gasteiger partial charge in [-0.15, -0.1) is 12.4 Å². The fourth-order valence-corrected chi connectivity index (χ4v) is 0.745. The molecule has 0 aromatic heterocycles. The maximum atomic E-state index is 7.99. The average molecular weight is 165 g/mol. The van der Waals surface area contributed by atoms with Gasteiger partial charge in [0.15, 0.2) is 0 Å². The van der Waals surface area contributed by atoms with Gasteiger partial charge in [0.05, 0.1) is 19.3 Å². The van der Waals surface area contributed by atoms with Crippen molar-refractivity contribution in [2.45, 2.75) is 12.1 Å². The zero-order valence-electron chi connectivity index (χ0n) is 5.30. The quantitative estimate of drug-likeness (QED) is 0.347. The largest absolute Gasteiger partial charge is 0.379 e. The summed E-state index contributed by atoms with van der Waals surface area (Å²) >= 11 is 0. The van der Waals surface area contributed by atoms with E-state index in [1.54, 1.807) is 0 Å². The maximum absolute atomic E-state index is 7.99. The Kier molecular flexibility index (Phi) is 4.14. The third kappa shape index (κ3) is 2.04. The minimum Gasteiger partial charge on any atom is -0.379 e. The Morgan fingerprint density at radius 2 is 2.30 bits per heavy atom. The maximum Gasteiger partial charge on any atom is 0.0781 e. The van der Waals surface area contributed by atoms with Crippen molar-refractivity contribution in [2.75, 3.05) is 13.2 Å². The SMILES string of the molecule is Cl.[N-]=[N+]=N[C@H]1COC[C@H]1N. The Hall–Kier alpha value is -0.480. The van der Waals surface area contributed by atoms with Gasteiger partial charge in [-0.2, -0.15) is 0 Å². The number of hydrogen-bond donors (Lipinski definition) is 1. The van der Waals surface area contributed by atoms with Gasteiger partial charge in [-0.25, -0.2) is 0 Å². The zero-order chi connectivity index (χ0) is 6.69. The van der Waals surface area contributed by atoms with Crippen LogP contribution in [0.3, 0.4) is 0 Å². The van der Waals surface area contributed by atoms with Crippen molar-refractivity contribution in [3.63, 3.8) is 0 Å². The summed E-state index contributed by atoms with van der Waals surface area (Å²) in [4.78, 5) is 2.63. The van der Waals surface area contributed by atoms with Crippen molar-refractivity contribution in [1.29, 1.82) is 0 Å². The Labute approximate surface area is 64.6 Å². The van der Waals surface area contributed by atoms with Gasteiger partial charge in [-0.3, -0.25) is 0 Å². The molecular weight excluding hydrogens is 156 g/mol. The van der Waals surface area contributed by atoms with Crippen LogP contribution < -0.4 is 5.73 Å². The molecule has 10 heavy (non-hydrogen) atoms. The molecule has 1 aliphatic rings. The lowest BCUT2D eigenvalue weighted by molar-refractivity contribution is 0.191. The first-order valence-corrected chi connectivity index (χ1v) is 2.72. The Bertz CT molecular complexity index is 146. The smallest absolute Gasteiger partial charge is 0.0781 e. The van der Waals surface area contributed by atoms with E-state index in [4.69, 9.17) is 16.0 Å². The van der Waals surface area contributed by atoms with Crippen molar-refractivity contribution >= 4 is 12.4 Å². The molecule has 0 aromatic carbocycles. The second-order valence-electron chi connectivity index (χ2n) is 1.97. The van der Waals surface area contributed by atoms with E-state index in [9.17, 15) is 0 Å². The zero-order valence-corrected chi connectivity index (χ0v) is 6.12. The molecule has 2 N–H and O–H groups in total. The van der Waals surface area contributed by atoms with Crippen molar-refractivity contribution in [3.05, 3.63) is 10.4 Å². The van der Waals surface area contributed by atoms with Crippen LogP contribution in [-0.2, 0) is 4.74 Å². The van der Waals surface area contributed by atoms with Crippen LogP contribution in [0.2, 0.25) is 0 Å². The summed E-state index contributed by atoms with van der Waals surface area (Å²) in [7, 11) is 0. The highest BCUT2D eigenvalue weighted by atomic mass is 35.5.